The summed E-state index contributed by atoms with van der Waals surface area (Å²) in [6.45, 7) is 2.63. The van der Waals surface area contributed by atoms with E-state index in [1.54, 1.807) is 26.2 Å². The molecule has 0 saturated heterocycles. The van der Waals surface area contributed by atoms with Crippen LogP contribution in [0.2, 0.25) is 0 Å². The maximum Gasteiger partial charge on any atom is 0.254 e. The number of likely N-dealkylation sites (N-methyl/N-ethyl adjacent to an activating group) is 1. The van der Waals surface area contributed by atoms with E-state index in [9.17, 15) is 9.59 Å². The smallest absolute Gasteiger partial charge is 0.254 e. The number of pyridine rings is 1. The monoisotopic (exact) mass is 250 g/mol. The van der Waals surface area contributed by atoms with E-state index < -0.39 is 0 Å². The van der Waals surface area contributed by atoms with Gasteiger partial charge in [0.2, 0.25) is 5.91 Å². The molecule has 0 aromatic carbocycles. The van der Waals surface area contributed by atoms with Crippen LogP contribution in [0.5, 0.6) is 0 Å². The molecule has 0 saturated carbocycles. The largest absolute Gasteiger partial charge is 0.361 e. The number of amides is 2. The molecule has 0 aliphatic heterocycles. The molecule has 2 amide bonds. The maximum absolute atomic E-state index is 11.6. The Morgan fingerprint density at radius 2 is 2.06 bits per heavy atom. The minimum absolute atomic E-state index is 0.0901. The van der Waals surface area contributed by atoms with Crippen molar-refractivity contribution in [1.82, 2.24) is 15.2 Å². The number of rotatable bonds is 5. The van der Waals surface area contributed by atoms with Crippen LogP contribution in [0.3, 0.4) is 0 Å². The van der Waals surface area contributed by atoms with Gasteiger partial charge in [-0.25, -0.2) is 4.98 Å². The van der Waals surface area contributed by atoms with Gasteiger partial charge in [-0.15, -0.1) is 0 Å². The molecule has 1 aromatic heterocycles. The van der Waals surface area contributed by atoms with Gasteiger partial charge in [0.1, 0.15) is 5.82 Å². The normalized spacial score (nSPS) is 9.72. The number of carbonyl (C=O) groups is 2. The van der Waals surface area contributed by atoms with Crippen molar-refractivity contribution in [3.05, 3.63) is 23.9 Å². The number of nitrogens with one attached hydrogen (secondary N) is 2. The molecule has 18 heavy (non-hydrogen) atoms. The van der Waals surface area contributed by atoms with E-state index in [0.717, 1.165) is 0 Å². The van der Waals surface area contributed by atoms with Crippen LogP contribution in [-0.4, -0.2) is 48.9 Å². The van der Waals surface area contributed by atoms with Crippen molar-refractivity contribution in [2.24, 2.45) is 0 Å². The molecule has 98 valence electrons. The Labute approximate surface area is 106 Å². The fourth-order valence-corrected chi connectivity index (χ4v) is 1.31. The van der Waals surface area contributed by atoms with Crippen LogP contribution in [-0.2, 0) is 4.79 Å². The average Bonchev–Trinajstić information content (AvgIpc) is 2.36. The Morgan fingerprint density at radius 3 is 2.56 bits per heavy atom. The number of hydrogen-bond acceptors (Lipinski definition) is 4. The second-order valence-corrected chi connectivity index (χ2v) is 3.94. The van der Waals surface area contributed by atoms with Crippen molar-refractivity contribution in [2.45, 2.75) is 6.92 Å². The lowest BCUT2D eigenvalue weighted by Gasteiger charge is -2.10. The summed E-state index contributed by atoms with van der Waals surface area (Å²) in [7, 11) is 3.37. The summed E-state index contributed by atoms with van der Waals surface area (Å²) >= 11 is 0. The van der Waals surface area contributed by atoms with Gasteiger partial charge in [0.15, 0.2) is 0 Å². The number of nitrogens with zero attached hydrogens (tertiary/aromatic N) is 2. The Bertz CT molecular complexity index is 415. The Kier molecular flexibility index (Phi) is 5.10. The van der Waals surface area contributed by atoms with Crippen LogP contribution in [0.1, 0.15) is 17.3 Å². The van der Waals surface area contributed by atoms with Gasteiger partial charge >= 0.3 is 0 Å². The first-order valence-corrected chi connectivity index (χ1v) is 5.73. The molecule has 0 bridgehead atoms. The third kappa shape index (κ3) is 4.04. The molecule has 1 heterocycles. The van der Waals surface area contributed by atoms with E-state index >= 15 is 0 Å². The SMILES string of the molecule is CCNC(=O)CNc1ccc(C(=O)N(C)C)cn1. The van der Waals surface area contributed by atoms with E-state index in [-0.39, 0.29) is 18.4 Å². The third-order valence-electron chi connectivity index (χ3n) is 2.22. The zero-order valence-electron chi connectivity index (χ0n) is 10.9. The molecule has 0 aliphatic rings. The predicted molar refractivity (Wildman–Crippen MR) is 69.4 cm³/mol. The summed E-state index contributed by atoms with van der Waals surface area (Å²) in [6, 6.07) is 3.35. The highest BCUT2D eigenvalue weighted by atomic mass is 16.2. The molecular weight excluding hydrogens is 232 g/mol. The van der Waals surface area contributed by atoms with Crippen LogP contribution in [0.15, 0.2) is 18.3 Å². The Hall–Kier alpha value is -2.11. The standard InChI is InChI=1S/C12H18N4O2/c1-4-13-11(17)8-15-10-6-5-9(7-14-10)12(18)16(2)3/h5-7H,4,8H2,1-3H3,(H,13,17)(H,14,15). The molecular formula is C12H18N4O2. The summed E-state index contributed by atoms with van der Waals surface area (Å²) in [5.41, 5.74) is 0.517. The van der Waals surface area contributed by atoms with Gasteiger partial charge in [-0.3, -0.25) is 9.59 Å². The Balaban J connectivity index is 2.55. The van der Waals surface area contributed by atoms with Crippen molar-refractivity contribution in [1.29, 1.82) is 0 Å². The number of anilines is 1. The van der Waals surface area contributed by atoms with E-state index in [0.29, 0.717) is 17.9 Å². The second-order valence-electron chi connectivity index (χ2n) is 3.94. The highest BCUT2D eigenvalue weighted by Gasteiger charge is 2.08. The number of aromatic nitrogens is 1. The van der Waals surface area contributed by atoms with Crippen molar-refractivity contribution in [3.63, 3.8) is 0 Å². The van der Waals surface area contributed by atoms with Crippen molar-refractivity contribution >= 4 is 17.6 Å². The Morgan fingerprint density at radius 1 is 1.33 bits per heavy atom. The summed E-state index contributed by atoms with van der Waals surface area (Å²) < 4.78 is 0. The van der Waals surface area contributed by atoms with E-state index in [1.165, 1.54) is 11.1 Å². The molecule has 1 rings (SSSR count). The summed E-state index contributed by atoms with van der Waals surface area (Å²) in [4.78, 5) is 28.4. The minimum atomic E-state index is -0.0993. The van der Waals surface area contributed by atoms with Gasteiger partial charge in [-0.05, 0) is 19.1 Å². The highest BCUT2D eigenvalue weighted by Crippen LogP contribution is 2.06. The molecule has 0 radical (unpaired) electrons. The zero-order valence-corrected chi connectivity index (χ0v) is 10.9. The lowest BCUT2D eigenvalue weighted by Crippen LogP contribution is -2.29. The number of hydrogen-bond donors (Lipinski definition) is 2. The molecule has 0 aliphatic carbocycles. The first-order chi connectivity index (χ1) is 8.54. The first kappa shape index (κ1) is 14.0. The van der Waals surface area contributed by atoms with Gasteiger partial charge in [0.05, 0.1) is 12.1 Å². The first-order valence-electron chi connectivity index (χ1n) is 5.73. The lowest BCUT2D eigenvalue weighted by molar-refractivity contribution is -0.119. The highest BCUT2D eigenvalue weighted by molar-refractivity contribution is 5.93. The fourth-order valence-electron chi connectivity index (χ4n) is 1.31. The third-order valence-corrected chi connectivity index (χ3v) is 2.22. The van der Waals surface area contributed by atoms with E-state index in [1.807, 2.05) is 6.92 Å². The quantitative estimate of drug-likeness (QED) is 0.790. The predicted octanol–water partition coefficient (Wildman–Crippen LogP) is 0.331. The van der Waals surface area contributed by atoms with Crippen molar-refractivity contribution in [2.75, 3.05) is 32.5 Å². The molecule has 6 nitrogen and oxygen atoms in total. The fraction of sp³-hybridized carbons (Fsp3) is 0.417. The van der Waals surface area contributed by atoms with Crippen LogP contribution in [0, 0.1) is 0 Å². The van der Waals surface area contributed by atoms with E-state index in [2.05, 4.69) is 15.6 Å². The lowest BCUT2D eigenvalue weighted by atomic mass is 10.2. The molecule has 0 atom stereocenters. The average molecular weight is 250 g/mol. The van der Waals surface area contributed by atoms with Gasteiger partial charge in [0.25, 0.3) is 5.91 Å². The topological polar surface area (TPSA) is 74.3 Å². The molecule has 2 N–H and O–H groups in total. The molecule has 0 unspecified atom stereocenters. The van der Waals surface area contributed by atoms with Gasteiger partial charge in [-0.2, -0.15) is 0 Å². The van der Waals surface area contributed by atoms with Gasteiger partial charge in [0, 0.05) is 26.8 Å². The molecule has 1 aromatic rings. The zero-order chi connectivity index (χ0) is 13.5. The number of carbonyl (C=O) groups excluding carboxylic acids is 2. The van der Waals surface area contributed by atoms with Crippen LogP contribution in [0.25, 0.3) is 0 Å². The van der Waals surface area contributed by atoms with Gasteiger partial charge in [-0.1, -0.05) is 0 Å². The molecule has 0 fully saturated rings. The second kappa shape index (κ2) is 6.58. The summed E-state index contributed by atoms with van der Waals surface area (Å²) in [5, 5.41) is 5.55. The maximum atomic E-state index is 11.6. The van der Waals surface area contributed by atoms with Crippen LogP contribution >= 0.6 is 0 Å². The van der Waals surface area contributed by atoms with Gasteiger partial charge < -0.3 is 15.5 Å². The minimum Gasteiger partial charge on any atom is -0.361 e. The van der Waals surface area contributed by atoms with E-state index in [4.69, 9.17) is 0 Å². The summed E-state index contributed by atoms with van der Waals surface area (Å²) in [5.74, 6) is 0.377. The van der Waals surface area contributed by atoms with Crippen LogP contribution in [0.4, 0.5) is 5.82 Å². The molecule has 6 heteroatoms. The van der Waals surface area contributed by atoms with Crippen LogP contribution < -0.4 is 10.6 Å². The summed E-state index contributed by atoms with van der Waals surface area (Å²) in [6.07, 6.45) is 1.49. The van der Waals surface area contributed by atoms with Crippen molar-refractivity contribution < 1.29 is 9.59 Å². The molecule has 0 spiro atoms. The van der Waals surface area contributed by atoms with Crippen molar-refractivity contribution in [3.8, 4) is 0 Å².